The molecule has 0 aliphatic heterocycles. The first-order chi connectivity index (χ1) is 10.3. The van der Waals surface area contributed by atoms with Crippen molar-refractivity contribution in [2.45, 2.75) is 26.4 Å². The van der Waals surface area contributed by atoms with Gasteiger partial charge in [0.2, 0.25) is 5.91 Å². The van der Waals surface area contributed by atoms with Gasteiger partial charge in [-0.2, -0.15) is 5.10 Å². The highest BCUT2D eigenvalue weighted by Gasteiger charge is 2.24. The van der Waals surface area contributed by atoms with Crippen molar-refractivity contribution in [3.05, 3.63) is 12.4 Å². The molecule has 0 fully saturated rings. The molecule has 1 heterocycles. The summed E-state index contributed by atoms with van der Waals surface area (Å²) in [5, 5.41) is 9.47. The SMILES string of the molecule is COC(=O)N[C@H](C(=O)Nc1cnn(CCN(C)C)c1)C(C)C. The number of alkyl carbamates (subject to hydrolysis) is 1. The van der Waals surface area contributed by atoms with E-state index in [0.29, 0.717) is 5.69 Å². The zero-order valence-electron chi connectivity index (χ0n) is 13.8. The summed E-state index contributed by atoms with van der Waals surface area (Å²) in [5.41, 5.74) is 0.598. The lowest BCUT2D eigenvalue weighted by atomic mass is 10.0. The molecule has 0 spiro atoms. The number of anilines is 1. The number of nitrogens with one attached hydrogen (secondary N) is 2. The highest BCUT2D eigenvalue weighted by atomic mass is 16.5. The Balaban J connectivity index is 2.63. The Morgan fingerprint density at radius 2 is 2.09 bits per heavy atom. The van der Waals surface area contributed by atoms with Gasteiger partial charge in [0.05, 0.1) is 25.5 Å². The zero-order chi connectivity index (χ0) is 16.7. The lowest BCUT2D eigenvalue weighted by Gasteiger charge is -2.20. The molecule has 1 aromatic heterocycles. The van der Waals surface area contributed by atoms with E-state index in [1.54, 1.807) is 17.1 Å². The highest BCUT2D eigenvalue weighted by Crippen LogP contribution is 2.09. The van der Waals surface area contributed by atoms with Crippen molar-refractivity contribution in [1.29, 1.82) is 0 Å². The van der Waals surface area contributed by atoms with Gasteiger partial charge in [-0.25, -0.2) is 4.79 Å². The van der Waals surface area contributed by atoms with Crippen molar-refractivity contribution in [3.8, 4) is 0 Å². The molecule has 0 radical (unpaired) electrons. The van der Waals surface area contributed by atoms with Crippen molar-refractivity contribution < 1.29 is 14.3 Å². The Hall–Kier alpha value is -2.09. The maximum atomic E-state index is 12.3. The second kappa shape index (κ2) is 8.38. The monoisotopic (exact) mass is 311 g/mol. The standard InChI is InChI=1S/C14H25N5O3/c1-10(2)12(17-14(21)22-5)13(20)16-11-8-15-19(9-11)7-6-18(3)4/h8-10,12H,6-7H2,1-5H3,(H,16,20)(H,17,21)/t12-/m0/s1. The molecular formula is C14H25N5O3. The summed E-state index contributed by atoms with van der Waals surface area (Å²) >= 11 is 0. The summed E-state index contributed by atoms with van der Waals surface area (Å²) in [4.78, 5) is 25.6. The molecule has 8 heteroatoms. The molecule has 1 atom stereocenters. The summed E-state index contributed by atoms with van der Waals surface area (Å²) in [7, 11) is 5.23. The van der Waals surface area contributed by atoms with Crippen LogP contribution in [0.2, 0.25) is 0 Å². The summed E-state index contributed by atoms with van der Waals surface area (Å²) < 4.78 is 6.30. The van der Waals surface area contributed by atoms with Gasteiger partial charge in [-0.1, -0.05) is 13.8 Å². The number of hydrogen-bond donors (Lipinski definition) is 2. The van der Waals surface area contributed by atoms with Crippen LogP contribution in [0.1, 0.15) is 13.8 Å². The van der Waals surface area contributed by atoms with Crippen LogP contribution in [0.25, 0.3) is 0 Å². The zero-order valence-corrected chi connectivity index (χ0v) is 13.8. The number of carbonyl (C=O) groups excluding carboxylic acids is 2. The average Bonchev–Trinajstić information content (AvgIpc) is 2.89. The quantitative estimate of drug-likeness (QED) is 0.776. The Labute approximate surface area is 130 Å². The molecule has 124 valence electrons. The molecule has 0 aromatic carbocycles. The molecule has 1 aromatic rings. The van der Waals surface area contributed by atoms with Crippen molar-refractivity contribution in [1.82, 2.24) is 20.0 Å². The number of amides is 2. The lowest BCUT2D eigenvalue weighted by Crippen LogP contribution is -2.47. The van der Waals surface area contributed by atoms with E-state index in [-0.39, 0.29) is 11.8 Å². The average molecular weight is 311 g/mol. The normalized spacial score (nSPS) is 12.3. The third-order valence-electron chi connectivity index (χ3n) is 3.08. The number of ether oxygens (including phenoxy) is 1. The van der Waals surface area contributed by atoms with E-state index >= 15 is 0 Å². The van der Waals surface area contributed by atoms with Crippen molar-refractivity contribution >= 4 is 17.7 Å². The molecule has 2 N–H and O–H groups in total. The summed E-state index contributed by atoms with van der Waals surface area (Å²) in [5.74, 6) is -0.365. The van der Waals surface area contributed by atoms with E-state index in [2.05, 4.69) is 25.4 Å². The third kappa shape index (κ3) is 5.72. The van der Waals surface area contributed by atoms with Crippen molar-refractivity contribution in [3.63, 3.8) is 0 Å². The molecule has 0 unspecified atom stereocenters. The highest BCUT2D eigenvalue weighted by molar-refractivity contribution is 5.96. The van der Waals surface area contributed by atoms with Crippen LogP contribution in [0.4, 0.5) is 10.5 Å². The minimum absolute atomic E-state index is 0.0668. The fraction of sp³-hybridized carbons (Fsp3) is 0.643. The summed E-state index contributed by atoms with van der Waals surface area (Å²) in [6.07, 6.45) is 2.72. The molecule has 0 saturated carbocycles. The second-order valence-electron chi connectivity index (χ2n) is 5.64. The fourth-order valence-corrected chi connectivity index (χ4v) is 1.79. The molecule has 22 heavy (non-hydrogen) atoms. The van der Waals surface area contributed by atoms with Crippen LogP contribution >= 0.6 is 0 Å². The number of nitrogens with zero attached hydrogens (tertiary/aromatic N) is 3. The maximum absolute atomic E-state index is 12.3. The molecular weight excluding hydrogens is 286 g/mol. The number of likely N-dealkylation sites (N-methyl/N-ethyl adjacent to an activating group) is 1. The second-order valence-corrected chi connectivity index (χ2v) is 5.64. The Morgan fingerprint density at radius 1 is 1.41 bits per heavy atom. The van der Waals surface area contributed by atoms with Gasteiger partial charge in [-0.05, 0) is 20.0 Å². The molecule has 2 amide bonds. The van der Waals surface area contributed by atoms with Crippen LogP contribution in [-0.4, -0.2) is 60.5 Å². The van der Waals surface area contributed by atoms with Crippen LogP contribution < -0.4 is 10.6 Å². The third-order valence-corrected chi connectivity index (χ3v) is 3.08. The Morgan fingerprint density at radius 3 is 2.64 bits per heavy atom. The smallest absolute Gasteiger partial charge is 0.407 e. The van der Waals surface area contributed by atoms with E-state index in [0.717, 1.165) is 13.1 Å². The summed E-state index contributed by atoms with van der Waals surface area (Å²) in [6.45, 7) is 5.28. The number of hydrogen-bond acceptors (Lipinski definition) is 5. The van der Waals surface area contributed by atoms with Crippen LogP contribution in [0.3, 0.4) is 0 Å². The van der Waals surface area contributed by atoms with Gasteiger partial charge in [0.1, 0.15) is 6.04 Å². The lowest BCUT2D eigenvalue weighted by molar-refractivity contribution is -0.119. The number of carbonyl (C=O) groups is 2. The first-order valence-corrected chi connectivity index (χ1v) is 7.16. The first kappa shape index (κ1) is 18.0. The van der Waals surface area contributed by atoms with E-state index in [4.69, 9.17) is 0 Å². The van der Waals surface area contributed by atoms with Gasteiger partial charge >= 0.3 is 6.09 Å². The predicted octanol–water partition coefficient (Wildman–Crippen LogP) is 0.764. The maximum Gasteiger partial charge on any atom is 0.407 e. The summed E-state index contributed by atoms with van der Waals surface area (Å²) in [6, 6.07) is -0.669. The minimum atomic E-state index is -0.669. The van der Waals surface area contributed by atoms with E-state index in [9.17, 15) is 9.59 Å². The van der Waals surface area contributed by atoms with E-state index in [1.807, 2.05) is 27.9 Å². The van der Waals surface area contributed by atoms with Gasteiger partial charge in [-0.3, -0.25) is 9.48 Å². The minimum Gasteiger partial charge on any atom is -0.453 e. The fourth-order valence-electron chi connectivity index (χ4n) is 1.79. The first-order valence-electron chi connectivity index (χ1n) is 7.16. The number of rotatable bonds is 7. The van der Waals surface area contributed by atoms with Crippen LogP contribution in [0, 0.1) is 5.92 Å². The van der Waals surface area contributed by atoms with Crippen LogP contribution in [0.15, 0.2) is 12.4 Å². The number of aromatic nitrogens is 2. The van der Waals surface area contributed by atoms with Gasteiger partial charge in [0.25, 0.3) is 0 Å². The molecule has 0 saturated heterocycles. The topological polar surface area (TPSA) is 88.5 Å². The molecule has 8 nitrogen and oxygen atoms in total. The molecule has 1 rings (SSSR count). The van der Waals surface area contributed by atoms with Gasteiger partial charge < -0.3 is 20.3 Å². The Bertz CT molecular complexity index is 498. The van der Waals surface area contributed by atoms with E-state index in [1.165, 1.54) is 7.11 Å². The van der Waals surface area contributed by atoms with Crippen LogP contribution in [-0.2, 0) is 16.1 Å². The van der Waals surface area contributed by atoms with Gasteiger partial charge in [0, 0.05) is 12.7 Å². The molecule has 0 bridgehead atoms. The molecule has 0 aliphatic rings. The van der Waals surface area contributed by atoms with Gasteiger partial charge in [-0.15, -0.1) is 0 Å². The van der Waals surface area contributed by atoms with Gasteiger partial charge in [0.15, 0.2) is 0 Å². The van der Waals surface area contributed by atoms with Crippen molar-refractivity contribution in [2.24, 2.45) is 5.92 Å². The largest absolute Gasteiger partial charge is 0.453 e. The Kier molecular flexibility index (Phi) is 6.84. The predicted molar refractivity (Wildman–Crippen MR) is 83.6 cm³/mol. The van der Waals surface area contributed by atoms with E-state index < -0.39 is 12.1 Å². The number of methoxy groups -OCH3 is 1. The van der Waals surface area contributed by atoms with Crippen LogP contribution in [0.5, 0.6) is 0 Å². The molecule has 0 aliphatic carbocycles. The van der Waals surface area contributed by atoms with Crippen molar-refractivity contribution in [2.75, 3.05) is 33.1 Å².